The minimum atomic E-state index is 0.132. The van der Waals surface area contributed by atoms with Crippen LogP contribution in [0.2, 0.25) is 10.0 Å². The standard InChI is InChI=1S/C26H24BCl2NO3/c1-16(2)26-21(25(30-33-26)24-22(28)7-4-8-23(24)29)15-32-19-11-9-17(10-12-19)14-31-20-6-3-5-18(27)13-20/h3-13,16H,14-15,27H2,1-2H3. The van der Waals surface area contributed by atoms with Crippen LogP contribution in [-0.2, 0) is 13.2 Å². The van der Waals surface area contributed by atoms with Crippen molar-refractivity contribution in [3.8, 4) is 22.8 Å². The van der Waals surface area contributed by atoms with Gasteiger partial charge in [-0.25, -0.2) is 0 Å². The summed E-state index contributed by atoms with van der Waals surface area (Å²) in [6, 6.07) is 21.2. The quantitative estimate of drug-likeness (QED) is 0.282. The van der Waals surface area contributed by atoms with Crippen molar-refractivity contribution >= 4 is 36.5 Å². The summed E-state index contributed by atoms with van der Waals surface area (Å²) < 4.78 is 17.6. The van der Waals surface area contributed by atoms with E-state index in [4.69, 9.17) is 37.2 Å². The van der Waals surface area contributed by atoms with E-state index in [0.29, 0.717) is 27.9 Å². The van der Waals surface area contributed by atoms with Gasteiger partial charge >= 0.3 is 0 Å². The molecule has 0 amide bonds. The number of ether oxygens (including phenoxy) is 2. The second-order valence-corrected chi connectivity index (χ2v) is 8.98. The van der Waals surface area contributed by atoms with Gasteiger partial charge in [0, 0.05) is 11.5 Å². The second-order valence-electron chi connectivity index (χ2n) is 8.16. The Morgan fingerprint density at radius 1 is 0.879 bits per heavy atom. The van der Waals surface area contributed by atoms with Gasteiger partial charge in [0.1, 0.15) is 44.0 Å². The number of nitrogens with zero attached hydrogens (tertiary/aromatic N) is 1. The summed E-state index contributed by atoms with van der Waals surface area (Å²) in [5, 5.41) is 5.31. The van der Waals surface area contributed by atoms with Crippen molar-refractivity contribution in [1.29, 1.82) is 0 Å². The van der Waals surface area contributed by atoms with Crippen LogP contribution in [0.1, 0.15) is 36.7 Å². The van der Waals surface area contributed by atoms with Gasteiger partial charge in [0.05, 0.1) is 15.6 Å². The van der Waals surface area contributed by atoms with Crippen molar-refractivity contribution < 1.29 is 14.0 Å². The Morgan fingerprint density at radius 2 is 1.55 bits per heavy atom. The maximum atomic E-state index is 6.42. The molecule has 7 heteroatoms. The van der Waals surface area contributed by atoms with Crippen molar-refractivity contribution in [3.63, 3.8) is 0 Å². The van der Waals surface area contributed by atoms with Crippen molar-refractivity contribution in [2.45, 2.75) is 33.0 Å². The highest BCUT2D eigenvalue weighted by Crippen LogP contribution is 2.38. The summed E-state index contributed by atoms with van der Waals surface area (Å²) in [5.74, 6) is 2.48. The van der Waals surface area contributed by atoms with E-state index in [1.165, 1.54) is 5.46 Å². The lowest BCUT2D eigenvalue weighted by Gasteiger charge is -2.11. The van der Waals surface area contributed by atoms with Crippen molar-refractivity contribution in [3.05, 3.63) is 93.7 Å². The molecule has 3 aromatic carbocycles. The van der Waals surface area contributed by atoms with Crippen LogP contribution in [0.4, 0.5) is 0 Å². The Hall–Kier alpha value is -2.89. The first-order valence-corrected chi connectivity index (χ1v) is 11.5. The predicted molar refractivity (Wildman–Crippen MR) is 136 cm³/mol. The molecule has 0 N–H and O–H groups in total. The van der Waals surface area contributed by atoms with E-state index in [1.54, 1.807) is 18.2 Å². The third kappa shape index (κ3) is 5.55. The number of rotatable bonds is 8. The molecule has 4 nitrogen and oxygen atoms in total. The molecule has 4 rings (SSSR count). The van der Waals surface area contributed by atoms with Crippen LogP contribution in [0.25, 0.3) is 11.3 Å². The summed E-state index contributed by atoms with van der Waals surface area (Å²) in [4.78, 5) is 0. The first-order chi connectivity index (χ1) is 15.9. The molecule has 0 unspecified atom stereocenters. The molecule has 168 valence electrons. The topological polar surface area (TPSA) is 44.5 Å². The van der Waals surface area contributed by atoms with E-state index < -0.39 is 0 Å². The monoisotopic (exact) mass is 479 g/mol. The normalized spacial score (nSPS) is 11.1. The lowest BCUT2D eigenvalue weighted by molar-refractivity contribution is 0.296. The fourth-order valence-corrected chi connectivity index (χ4v) is 4.12. The summed E-state index contributed by atoms with van der Waals surface area (Å²) in [6.45, 7) is 4.87. The first kappa shape index (κ1) is 23.3. The number of hydrogen-bond acceptors (Lipinski definition) is 4. The molecule has 0 fully saturated rings. The van der Waals surface area contributed by atoms with Gasteiger partial charge in [0.25, 0.3) is 0 Å². The highest BCUT2D eigenvalue weighted by atomic mass is 35.5. The Kier molecular flexibility index (Phi) is 7.31. The third-order valence-corrected chi connectivity index (χ3v) is 5.87. The zero-order valence-electron chi connectivity index (χ0n) is 18.8. The zero-order valence-corrected chi connectivity index (χ0v) is 20.3. The van der Waals surface area contributed by atoms with Crippen LogP contribution >= 0.6 is 23.2 Å². The van der Waals surface area contributed by atoms with E-state index in [1.807, 2.05) is 70.2 Å². The second kappa shape index (κ2) is 10.4. The highest BCUT2D eigenvalue weighted by Gasteiger charge is 2.23. The van der Waals surface area contributed by atoms with Gasteiger partial charge in [-0.05, 0) is 42.0 Å². The van der Waals surface area contributed by atoms with Gasteiger partial charge in [-0.1, -0.05) is 78.0 Å². The molecule has 0 aliphatic heterocycles. The molecule has 0 atom stereocenters. The zero-order chi connectivity index (χ0) is 23.4. The van der Waals surface area contributed by atoms with E-state index in [-0.39, 0.29) is 12.5 Å². The van der Waals surface area contributed by atoms with Crippen LogP contribution < -0.4 is 14.9 Å². The average molecular weight is 480 g/mol. The minimum absolute atomic E-state index is 0.132. The molecule has 1 heterocycles. The molecule has 4 aromatic rings. The molecule has 0 aliphatic carbocycles. The van der Waals surface area contributed by atoms with Crippen LogP contribution in [0, 0.1) is 0 Å². The Labute approximate surface area is 204 Å². The Bertz CT molecular complexity index is 1220. The molecule has 0 aliphatic rings. The number of hydrogen-bond donors (Lipinski definition) is 0. The fourth-order valence-electron chi connectivity index (χ4n) is 3.54. The van der Waals surface area contributed by atoms with Gasteiger partial charge in [-0.3, -0.25) is 0 Å². The maximum absolute atomic E-state index is 6.42. The van der Waals surface area contributed by atoms with Crippen LogP contribution in [0.5, 0.6) is 11.5 Å². The van der Waals surface area contributed by atoms with Gasteiger partial charge in [-0.2, -0.15) is 0 Å². The predicted octanol–water partition coefficient (Wildman–Crippen LogP) is 6.19. The Morgan fingerprint density at radius 3 is 2.21 bits per heavy atom. The third-order valence-electron chi connectivity index (χ3n) is 5.24. The van der Waals surface area contributed by atoms with Crippen LogP contribution in [0.3, 0.4) is 0 Å². The highest BCUT2D eigenvalue weighted by molar-refractivity contribution is 6.39. The molecule has 0 saturated heterocycles. The van der Waals surface area contributed by atoms with E-state index in [2.05, 4.69) is 5.16 Å². The molecule has 0 radical (unpaired) electrons. The summed E-state index contributed by atoms with van der Waals surface area (Å²) in [5.41, 5.74) is 4.33. The largest absolute Gasteiger partial charge is 0.489 e. The lowest BCUT2D eigenvalue weighted by Crippen LogP contribution is -2.03. The number of aromatic nitrogens is 1. The Balaban J connectivity index is 1.48. The maximum Gasteiger partial charge on any atom is 0.146 e. The van der Waals surface area contributed by atoms with E-state index >= 15 is 0 Å². The number of halogens is 2. The summed E-state index contributed by atoms with van der Waals surface area (Å²) >= 11 is 12.8. The van der Waals surface area contributed by atoms with Gasteiger partial charge in [-0.15, -0.1) is 0 Å². The summed E-state index contributed by atoms with van der Waals surface area (Å²) in [6.07, 6.45) is 0. The van der Waals surface area contributed by atoms with Crippen molar-refractivity contribution in [1.82, 2.24) is 5.16 Å². The molecule has 33 heavy (non-hydrogen) atoms. The smallest absolute Gasteiger partial charge is 0.146 e. The molecule has 0 spiro atoms. The number of benzene rings is 3. The summed E-state index contributed by atoms with van der Waals surface area (Å²) in [7, 11) is 2.05. The van der Waals surface area contributed by atoms with E-state index in [9.17, 15) is 0 Å². The van der Waals surface area contributed by atoms with Crippen molar-refractivity contribution in [2.75, 3.05) is 0 Å². The molecule has 0 bridgehead atoms. The molecular formula is C26H24BCl2NO3. The molecular weight excluding hydrogens is 456 g/mol. The average Bonchev–Trinajstić information content (AvgIpc) is 3.21. The molecule has 0 saturated carbocycles. The van der Waals surface area contributed by atoms with Crippen molar-refractivity contribution in [2.24, 2.45) is 0 Å². The fraction of sp³-hybridized carbons (Fsp3) is 0.192. The minimum Gasteiger partial charge on any atom is -0.489 e. The van der Waals surface area contributed by atoms with Gasteiger partial charge in [0.15, 0.2) is 0 Å². The van der Waals surface area contributed by atoms with Crippen LogP contribution in [0.15, 0.2) is 71.3 Å². The first-order valence-electron chi connectivity index (χ1n) is 10.8. The lowest BCUT2D eigenvalue weighted by atomic mass is 9.96. The van der Waals surface area contributed by atoms with Crippen LogP contribution in [-0.4, -0.2) is 13.0 Å². The van der Waals surface area contributed by atoms with E-state index in [0.717, 1.165) is 28.4 Å². The van der Waals surface area contributed by atoms with Gasteiger partial charge < -0.3 is 14.0 Å². The molecule has 1 aromatic heterocycles. The SMILES string of the molecule is Bc1cccc(OCc2ccc(OCc3c(-c4c(Cl)cccc4Cl)noc3C(C)C)cc2)c1. The van der Waals surface area contributed by atoms with Gasteiger partial charge in [0.2, 0.25) is 0 Å².